The Kier molecular flexibility index (Phi) is 8.43. The fraction of sp³-hybridized carbons (Fsp3) is 0.567. The minimum absolute atomic E-state index is 0.240. The maximum Gasteiger partial charge on any atom is 0.417 e. The van der Waals surface area contributed by atoms with Gasteiger partial charge in [0.1, 0.15) is 5.75 Å². The van der Waals surface area contributed by atoms with Crippen molar-refractivity contribution < 1.29 is 27.8 Å². The molecular formula is C30H39F3N2O3. The van der Waals surface area contributed by atoms with Gasteiger partial charge in [-0.25, -0.2) is 4.79 Å². The fourth-order valence-corrected chi connectivity index (χ4v) is 6.40. The molecule has 2 aliphatic carbocycles. The average molecular weight is 533 g/mol. The van der Waals surface area contributed by atoms with Crippen molar-refractivity contribution in [3.8, 4) is 5.75 Å². The molecule has 2 aliphatic rings. The van der Waals surface area contributed by atoms with E-state index in [0.29, 0.717) is 38.1 Å². The van der Waals surface area contributed by atoms with Gasteiger partial charge in [-0.1, -0.05) is 36.4 Å². The molecule has 1 N–H and O–H groups in total. The van der Waals surface area contributed by atoms with Crippen LogP contribution in [0.1, 0.15) is 55.7 Å². The quantitative estimate of drug-likeness (QED) is 0.455. The van der Waals surface area contributed by atoms with Crippen molar-refractivity contribution in [1.82, 2.24) is 9.80 Å². The van der Waals surface area contributed by atoms with Gasteiger partial charge in [-0.05, 0) is 107 Å². The Labute approximate surface area is 223 Å². The predicted octanol–water partition coefficient (Wildman–Crippen LogP) is 5.98. The average Bonchev–Trinajstić information content (AvgIpc) is 2.86. The summed E-state index contributed by atoms with van der Waals surface area (Å²) in [6.07, 6.45) is -2.86. The lowest BCUT2D eigenvalue weighted by atomic mass is 9.52. The maximum absolute atomic E-state index is 13.8. The summed E-state index contributed by atoms with van der Waals surface area (Å²) in [4.78, 5) is 16.6. The SMILES string of the molecule is CCN(CCCN(C)C)C(=O)Oc1ccc2c(c1)CC[C@@H]1C[C@@](O)(C(F)(F)F)CC[C@@]21Cc1ccccc1. The summed E-state index contributed by atoms with van der Waals surface area (Å²) in [5.41, 5.74) is -0.0809. The molecule has 0 unspecified atom stereocenters. The van der Waals surface area contributed by atoms with Crippen LogP contribution in [0.3, 0.4) is 0 Å². The van der Waals surface area contributed by atoms with E-state index >= 15 is 0 Å². The molecule has 2 aromatic rings. The second-order valence-electron chi connectivity index (χ2n) is 11.2. The standard InChI is InChI=1S/C30H39F3N2O3/c1-4-35(18-8-17-34(2)3)27(36)38-25-13-14-26-23(19-25)11-12-24-21-29(37,30(31,32)33)16-15-28(24,26)20-22-9-6-5-7-10-22/h5-7,9-10,13-14,19,24,37H,4,8,11-12,15-18,20-21H2,1-3H3/t24-,28+,29-/m1/s1. The summed E-state index contributed by atoms with van der Waals surface area (Å²) in [5.74, 6) is 0.145. The van der Waals surface area contributed by atoms with Gasteiger partial charge in [0.25, 0.3) is 0 Å². The molecule has 3 atom stereocenters. The fourth-order valence-electron chi connectivity index (χ4n) is 6.40. The van der Waals surface area contributed by atoms with Gasteiger partial charge in [-0.15, -0.1) is 0 Å². The van der Waals surface area contributed by atoms with E-state index in [1.54, 1.807) is 11.0 Å². The van der Waals surface area contributed by atoms with Gasteiger partial charge in [0.15, 0.2) is 5.60 Å². The van der Waals surface area contributed by atoms with Crippen LogP contribution in [0.25, 0.3) is 0 Å². The lowest BCUT2D eigenvalue weighted by Crippen LogP contribution is -2.56. The van der Waals surface area contributed by atoms with E-state index in [-0.39, 0.29) is 25.2 Å². The number of nitrogens with zero attached hydrogens (tertiary/aromatic N) is 2. The lowest BCUT2D eigenvalue weighted by molar-refractivity contribution is -0.279. The molecule has 1 amide bonds. The van der Waals surface area contributed by atoms with E-state index in [0.717, 1.165) is 29.7 Å². The number of hydrogen-bond acceptors (Lipinski definition) is 4. The summed E-state index contributed by atoms with van der Waals surface area (Å²) >= 11 is 0. The second kappa shape index (κ2) is 11.3. The number of benzene rings is 2. The van der Waals surface area contributed by atoms with Crippen LogP contribution in [0.5, 0.6) is 5.75 Å². The van der Waals surface area contributed by atoms with Gasteiger partial charge in [-0.2, -0.15) is 13.2 Å². The maximum atomic E-state index is 13.8. The van der Waals surface area contributed by atoms with E-state index in [9.17, 15) is 23.1 Å². The number of aryl methyl sites for hydroxylation is 1. The molecule has 0 bridgehead atoms. The smallest absolute Gasteiger partial charge is 0.410 e. The van der Waals surface area contributed by atoms with Crippen molar-refractivity contribution in [1.29, 1.82) is 0 Å². The molecule has 0 saturated heterocycles. The molecule has 38 heavy (non-hydrogen) atoms. The Hall–Kier alpha value is -2.58. The molecule has 208 valence electrons. The zero-order chi connectivity index (χ0) is 27.6. The number of aliphatic hydroxyl groups is 1. The minimum Gasteiger partial charge on any atom is -0.410 e. The first-order valence-electron chi connectivity index (χ1n) is 13.6. The largest absolute Gasteiger partial charge is 0.417 e. The van der Waals surface area contributed by atoms with Crippen LogP contribution in [-0.2, 0) is 18.3 Å². The third kappa shape index (κ3) is 5.86. The molecule has 0 aromatic heterocycles. The highest BCUT2D eigenvalue weighted by Gasteiger charge is 2.61. The summed E-state index contributed by atoms with van der Waals surface area (Å²) in [5, 5.41) is 10.6. The lowest BCUT2D eigenvalue weighted by Gasteiger charge is -2.53. The Morgan fingerprint density at radius 2 is 1.84 bits per heavy atom. The molecule has 0 heterocycles. The number of halogens is 3. The van der Waals surface area contributed by atoms with Crippen LogP contribution in [0.2, 0.25) is 0 Å². The van der Waals surface area contributed by atoms with Gasteiger partial charge in [0, 0.05) is 18.5 Å². The highest BCUT2D eigenvalue weighted by Crippen LogP contribution is 2.57. The first kappa shape index (κ1) is 28.4. The van der Waals surface area contributed by atoms with Crippen molar-refractivity contribution >= 4 is 6.09 Å². The monoisotopic (exact) mass is 532 g/mol. The molecule has 2 aromatic carbocycles. The minimum atomic E-state index is -4.65. The number of carbonyl (C=O) groups excluding carboxylic acids is 1. The number of alkyl halides is 3. The molecular weight excluding hydrogens is 493 g/mol. The van der Waals surface area contributed by atoms with Crippen molar-refractivity contribution in [2.75, 3.05) is 33.7 Å². The van der Waals surface area contributed by atoms with Crippen molar-refractivity contribution in [3.63, 3.8) is 0 Å². The number of rotatable bonds is 8. The highest BCUT2D eigenvalue weighted by atomic mass is 19.4. The van der Waals surface area contributed by atoms with Crippen LogP contribution in [0.4, 0.5) is 18.0 Å². The van der Waals surface area contributed by atoms with E-state index in [1.165, 1.54) is 0 Å². The normalized spacial score (nSPS) is 25.0. The van der Waals surface area contributed by atoms with E-state index < -0.39 is 23.3 Å². The van der Waals surface area contributed by atoms with Crippen LogP contribution in [0, 0.1) is 5.92 Å². The van der Waals surface area contributed by atoms with E-state index in [1.807, 2.05) is 63.5 Å². The Bertz CT molecular complexity index is 1110. The van der Waals surface area contributed by atoms with Crippen LogP contribution in [-0.4, -0.2) is 66.5 Å². The molecule has 0 aliphatic heterocycles. The number of fused-ring (bicyclic) bond motifs is 3. The number of hydrogen-bond donors (Lipinski definition) is 1. The van der Waals surface area contributed by atoms with Crippen LogP contribution < -0.4 is 4.74 Å². The van der Waals surface area contributed by atoms with Gasteiger partial charge < -0.3 is 19.6 Å². The van der Waals surface area contributed by atoms with Gasteiger partial charge in [0.2, 0.25) is 0 Å². The zero-order valence-electron chi connectivity index (χ0n) is 22.6. The summed E-state index contributed by atoms with van der Waals surface area (Å²) in [6, 6.07) is 15.4. The van der Waals surface area contributed by atoms with Crippen molar-refractivity contribution in [2.45, 2.75) is 69.1 Å². The molecule has 1 saturated carbocycles. The molecule has 0 radical (unpaired) electrons. The highest BCUT2D eigenvalue weighted by molar-refractivity contribution is 5.70. The predicted molar refractivity (Wildman–Crippen MR) is 141 cm³/mol. The third-order valence-electron chi connectivity index (χ3n) is 8.49. The molecule has 1 fully saturated rings. The number of carbonyl (C=O) groups is 1. The van der Waals surface area contributed by atoms with Crippen molar-refractivity contribution in [2.24, 2.45) is 5.92 Å². The summed E-state index contributed by atoms with van der Waals surface area (Å²) in [7, 11) is 3.99. The van der Waals surface area contributed by atoms with E-state index in [4.69, 9.17) is 4.74 Å². The van der Waals surface area contributed by atoms with Gasteiger partial charge in [0.05, 0.1) is 0 Å². The summed E-state index contributed by atoms with van der Waals surface area (Å²) in [6.45, 7) is 3.93. The molecule has 5 nitrogen and oxygen atoms in total. The van der Waals surface area contributed by atoms with Gasteiger partial charge >= 0.3 is 12.3 Å². The molecule has 8 heteroatoms. The topological polar surface area (TPSA) is 53.0 Å². The van der Waals surface area contributed by atoms with Crippen LogP contribution >= 0.6 is 0 Å². The zero-order valence-corrected chi connectivity index (χ0v) is 22.6. The van der Waals surface area contributed by atoms with Crippen LogP contribution in [0.15, 0.2) is 48.5 Å². The first-order chi connectivity index (χ1) is 18.0. The number of ether oxygens (including phenoxy) is 1. The second-order valence-corrected chi connectivity index (χ2v) is 11.2. The Balaban J connectivity index is 1.60. The Morgan fingerprint density at radius 1 is 1.11 bits per heavy atom. The molecule has 4 rings (SSSR count). The Morgan fingerprint density at radius 3 is 2.50 bits per heavy atom. The van der Waals surface area contributed by atoms with Gasteiger partial charge in [-0.3, -0.25) is 0 Å². The molecule has 0 spiro atoms. The van der Waals surface area contributed by atoms with E-state index in [2.05, 4.69) is 4.90 Å². The number of amides is 1. The summed E-state index contributed by atoms with van der Waals surface area (Å²) < 4.78 is 47.2. The third-order valence-corrected chi connectivity index (χ3v) is 8.49. The van der Waals surface area contributed by atoms with Crippen molar-refractivity contribution in [3.05, 3.63) is 65.2 Å². The first-order valence-corrected chi connectivity index (χ1v) is 13.6.